The first-order valence-corrected chi connectivity index (χ1v) is 5.48. The molecule has 0 fully saturated rings. The molecule has 0 unspecified atom stereocenters. The van der Waals surface area contributed by atoms with Gasteiger partial charge < -0.3 is 5.32 Å². The summed E-state index contributed by atoms with van der Waals surface area (Å²) < 4.78 is 0. The number of rotatable bonds is 1. The molecule has 0 spiro atoms. The van der Waals surface area contributed by atoms with Gasteiger partial charge in [-0.3, -0.25) is 4.79 Å². The summed E-state index contributed by atoms with van der Waals surface area (Å²) in [6.07, 6.45) is 0. The summed E-state index contributed by atoms with van der Waals surface area (Å²) in [6, 6.07) is 0. The van der Waals surface area contributed by atoms with Gasteiger partial charge in [0, 0.05) is 5.54 Å². The van der Waals surface area contributed by atoms with E-state index in [9.17, 15) is 4.79 Å². The summed E-state index contributed by atoms with van der Waals surface area (Å²) in [5.41, 5.74) is 0.221. The molecule has 88 valence electrons. The maximum Gasteiger partial charge on any atom is 0.273 e. The summed E-state index contributed by atoms with van der Waals surface area (Å²) >= 11 is 11.5. The molecule has 0 bridgehead atoms. The van der Waals surface area contributed by atoms with Gasteiger partial charge in [-0.1, -0.05) is 23.2 Å². The monoisotopic (exact) mass is 261 g/mol. The van der Waals surface area contributed by atoms with E-state index in [0.717, 1.165) is 0 Å². The van der Waals surface area contributed by atoms with Crippen molar-refractivity contribution in [1.82, 2.24) is 15.3 Å². The van der Waals surface area contributed by atoms with Gasteiger partial charge in [-0.25, -0.2) is 9.97 Å². The van der Waals surface area contributed by atoms with Crippen molar-refractivity contribution in [3.8, 4) is 0 Å². The fraction of sp³-hybridized carbons (Fsp3) is 0.500. The van der Waals surface area contributed by atoms with E-state index in [-0.39, 0.29) is 27.4 Å². The largest absolute Gasteiger partial charge is 0.346 e. The SMILES string of the molecule is Cc1nc(C(=O)NC(C)(C)C)c(Cl)nc1Cl. The van der Waals surface area contributed by atoms with E-state index in [2.05, 4.69) is 15.3 Å². The molecule has 0 saturated heterocycles. The number of hydrogen-bond acceptors (Lipinski definition) is 3. The summed E-state index contributed by atoms with van der Waals surface area (Å²) in [6.45, 7) is 7.28. The highest BCUT2D eigenvalue weighted by molar-refractivity contribution is 6.34. The van der Waals surface area contributed by atoms with Crippen LogP contribution in [0.5, 0.6) is 0 Å². The Morgan fingerprint density at radius 1 is 1.19 bits per heavy atom. The van der Waals surface area contributed by atoms with Crippen LogP contribution in [0.3, 0.4) is 0 Å². The van der Waals surface area contributed by atoms with Crippen LogP contribution in [-0.4, -0.2) is 21.4 Å². The van der Waals surface area contributed by atoms with Gasteiger partial charge in [-0.05, 0) is 27.7 Å². The number of hydrogen-bond donors (Lipinski definition) is 1. The van der Waals surface area contributed by atoms with Gasteiger partial charge in [0.1, 0.15) is 0 Å². The van der Waals surface area contributed by atoms with Crippen LogP contribution < -0.4 is 5.32 Å². The minimum Gasteiger partial charge on any atom is -0.346 e. The lowest BCUT2D eigenvalue weighted by molar-refractivity contribution is 0.0914. The second-order valence-corrected chi connectivity index (χ2v) is 5.16. The summed E-state index contributed by atoms with van der Waals surface area (Å²) in [7, 11) is 0. The van der Waals surface area contributed by atoms with Crippen LogP contribution in [0.15, 0.2) is 0 Å². The van der Waals surface area contributed by atoms with Crippen LogP contribution >= 0.6 is 23.2 Å². The number of carbonyl (C=O) groups is 1. The van der Waals surface area contributed by atoms with Gasteiger partial charge in [0.2, 0.25) is 0 Å². The lowest BCUT2D eigenvalue weighted by atomic mass is 10.1. The lowest BCUT2D eigenvalue weighted by Crippen LogP contribution is -2.41. The second kappa shape index (κ2) is 4.55. The maximum absolute atomic E-state index is 11.8. The smallest absolute Gasteiger partial charge is 0.273 e. The van der Waals surface area contributed by atoms with Crippen molar-refractivity contribution in [2.45, 2.75) is 33.2 Å². The Labute approximate surface area is 104 Å². The van der Waals surface area contributed by atoms with Crippen molar-refractivity contribution in [2.24, 2.45) is 0 Å². The van der Waals surface area contributed by atoms with Crippen molar-refractivity contribution in [1.29, 1.82) is 0 Å². The van der Waals surface area contributed by atoms with E-state index in [1.54, 1.807) is 6.92 Å². The number of nitrogens with zero attached hydrogens (tertiary/aromatic N) is 2. The minimum absolute atomic E-state index is 0.0114. The predicted molar refractivity (Wildman–Crippen MR) is 64.0 cm³/mol. The third kappa shape index (κ3) is 3.32. The topological polar surface area (TPSA) is 54.9 Å². The van der Waals surface area contributed by atoms with Gasteiger partial charge >= 0.3 is 0 Å². The maximum atomic E-state index is 11.8. The number of halogens is 2. The molecule has 1 aromatic heterocycles. The Kier molecular flexibility index (Phi) is 3.76. The van der Waals surface area contributed by atoms with Crippen molar-refractivity contribution < 1.29 is 4.79 Å². The van der Waals surface area contributed by atoms with Crippen molar-refractivity contribution >= 4 is 29.1 Å². The van der Waals surface area contributed by atoms with Crippen molar-refractivity contribution in [3.63, 3.8) is 0 Å². The van der Waals surface area contributed by atoms with E-state index < -0.39 is 0 Å². The minimum atomic E-state index is -0.357. The average Bonchev–Trinajstić information content (AvgIpc) is 2.08. The van der Waals surface area contributed by atoms with Gasteiger partial charge in [0.05, 0.1) is 5.69 Å². The number of aryl methyl sites for hydroxylation is 1. The lowest BCUT2D eigenvalue weighted by Gasteiger charge is -2.20. The molecule has 1 rings (SSSR count). The Morgan fingerprint density at radius 3 is 2.25 bits per heavy atom. The fourth-order valence-electron chi connectivity index (χ4n) is 1.02. The average molecular weight is 262 g/mol. The molecule has 0 atom stereocenters. The molecule has 6 heteroatoms. The Bertz CT molecular complexity index is 427. The first-order chi connectivity index (χ1) is 7.20. The molecular formula is C10H13Cl2N3O. The summed E-state index contributed by atoms with van der Waals surface area (Å²) in [5, 5.41) is 2.97. The Balaban J connectivity index is 3.05. The van der Waals surface area contributed by atoms with Gasteiger partial charge in [0.15, 0.2) is 16.0 Å². The fourth-order valence-corrected chi connectivity index (χ4v) is 1.41. The van der Waals surface area contributed by atoms with E-state index in [1.807, 2.05) is 20.8 Å². The van der Waals surface area contributed by atoms with Crippen LogP contribution in [0, 0.1) is 6.92 Å². The van der Waals surface area contributed by atoms with E-state index in [1.165, 1.54) is 0 Å². The molecule has 0 aliphatic rings. The highest BCUT2D eigenvalue weighted by Crippen LogP contribution is 2.18. The molecule has 0 radical (unpaired) electrons. The molecule has 16 heavy (non-hydrogen) atoms. The first-order valence-electron chi connectivity index (χ1n) is 4.73. The highest BCUT2D eigenvalue weighted by atomic mass is 35.5. The Hall–Kier alpha value is -0.870. The zero-order valence-corrected chi connectivity index (χ0v) is 11.1. The normalized spacial score (nSPS) is 11.4. The van der Waals surface area contributed by atoms with Gasteiger partial charge in [-0.15, -0.1) is 0 Å². The number of nitrogens with one attached hydrogen (secondary N) is 1. The summed E-state index contributed by atoms with van der Waals surface area (Å²) in [4.78, 5) is 19.7. The molecule has 1 heterocycles. The Morgan fingerprint density at radius 2 is 1.75 bits per heavy atom. The number of carbonyl (C=O) groups excluding carboxylic acids is 1. The molecule has 0 saturated carbocycles. The molecular weight excluding hydrogens is 249 g/mol. The quantitative estimate of drug-likeness (QED) is 0.846. The summed E-state index contributed by atoms with van der Waals surface area (Å²) in [5.74, 6) is -0.357. The molecule has 1 amide bonds. The van der Waals surface area contributed by atoms with Crippen molar-refractivity contribution in [3.05, 3.63) is 21.7 Å². The van der Waals surface area contributed by atoms with Crippen LogP contribution in [-0.2, 0) is 0 Å². The van der Waals surface area contributed by atoms with Gasteiger partial charge in [0.25, 0.3) is 5.91 Å². The van der Waals surface area contributed by atoms with E-state index in [0.29, 0.717) is 5.69 Å². The molecule has 1 N–H and O–H groups in total. The van der Waals surface area contributed by atoms with Crippen LogP contribution in [0.25, 0.3) is 0 Å². The predicted octanol–water partition coefficient (Wildman–Crippen LogP) is 2.62. The number of amides is 1. The molecule has 4 nitrogen and oxygen atoms in total. The zero-order valence-electron chi connectivity index (χ0n) is 9.56. The molecule has 0 aliphatic heterocycles. The first kappa shape index (κ1) is 13.2. The third-order valence-corrected chi connectivity index (χ3v) is 2.29. The third-order valence-electron chi connectivity index (χ3n) is 1.67. The zero-order chi connectivity index (χ0) is 12.5. The van der Waals surface area contributed by atoms with Crippen molar-refractivity contribution in [2.75, 3.05) is 0 Å². The van der Waals surface area contributed by atoms with E-state index >= 15 is 0 Å². The van der Waals surface area contributed by atoms with Crippen LogP contribution in [0.2, 0.25) is 10.3 Å². The van der Waals surface area contributed by atoms with Crippen LogP contribution in [0.1, 0.15) is 37.0 Å². The van der Waals surface area contributed by atoms with Crippen LogP contribution in [0.4, 0.5) is 0 Å². The molecule has 0 aliphatic carbocycles. The highest BCUT2D eigenvalue weighted by Gasteiger charge is 2.20. The van der Waals surface area contributed by atoms with Gasteiger partial charge in [-0.2, -0.15) is 0 Å². The standard InChI is InChI=1S/C10H13Cl2N3O/c1-5-7(11)14-8(12)6(13-5)9(16)15-10(2,3)4/h1-4H3,(H,15,16). The molecule has 0 aromatic carbocycles. The second-order valence-electron chi connectivity index (χ2n) is 4.44. The van der Waals surface area contributed by atoms with E-state index in [4.69, 9.17) is 23.2 Å². The molecule has 1 aromatic rings. The number of aromatic nitrogens is 2.